The Balaban J connectivity index is 0.00000176. The molecule has 0 fully saturated rings. The maximum atomic E-state index is 3.53. The van der Waals surface area contributed by atoms with Crippen LogP contribution in [0.3, 0.4) is 0 Å². The van der Waals surface area contributed by atoms with E-state index in [4.69, 9.17) is 0 Å². The van der Waals surface area contributed by atoms with Crippen LogP contribution in [0.1, 0.15) is 63.8 Å². The van der Waals surface area contributed by atoms with Crippen molar-refractivity contribution in [2.45, 2.75) is 58.8 Å². The van der Waals surface area contributed by atoms with E-state index in [0.717, 1.165) is 6.42 Å². The third kappa shape index (κ3) is 4.54. The quantitative estimate of drug-likeness (QED) is 0.421. The van der Waals surface area contributed by atoms with E-state index in [-0.39, 0.29) is 61.8 Å². The Morgan fingerprint density at radius 2 is 1.33 bits per heavy atom. The molecule has 0 saturated carbocycles. The molecule has 2 aromatic rings. The van der Waals surface area contributed by atoms with Crippen molar-refractivity contribution in [1.82, 2.24) is 0 Å². The van der Waals surface area contributed by atoms with Crippen molar-refractivity contribution in [3.63, 3.8) is 0 Å². The molecule has 1 aliphatic rings. The predicted octanol–water partition coefficient (Wildman–Crippen LogP) is -0.342. The van der Waals surface area contributed by atoms with E-state index in [1.54, 1.807) is 0 Å². The second-order valence-electron chi connectivity index (χ2n) is 8.33. The van der Waals surface area contributed by atoms with Gasteiger partial charge in [-0.15, -0.1) is 5.56 Å². The van der Waals surface area contributed by atoms with Crippen molar-refractivity contribution in [2.24, 2.45) is 0 Å². The van der Waals surface area contributed by atoms with Crippen LogP contribution >= 0.6 is 0 Å². The van der Waals surface area contributed by atoms with Gasteiger partial charge in [0, 0.05) is 0 Å². The molecule has 3 rings (SSSR count). The molecule has 0 aromatic heterocycles. The summed E-state index contributed by atoms with van der Waals surface area (Å²) in [5.41, 5.74) is 8.76. The maximum absolute atomic E-state index is 3.53. The van der Waals surface area contributed by atoms with Crippen molar-refractivity contribution in [2.75, 3.05) is 0 Å². The summed E-state index contributed by atoms with van der Waals surface area (Å²) in [4.78, 5) is 0. The van der Waals surface area contributed by atoms with Crippen molar-refractivity contribution in [3.8, 4) is 11.1 Å². The molecule has 0 N–H and O–H groups in total. The molecule has 1 aliphatic carbocycles. The molecule has 0 bridgehead atoms. The third-order valence-corrected chi connectivity index (χ3v) is 4.53. The Morgan fingerprint density at radius 3 is 1.88 bits per heavy atom. The van der Waals surface area contributed by atoms with E-state index in [0.29, 0.717) is 0 Å². The summed E-state index contributed by atoms with van der Waals surface area (Å²) < 4.78 is 0. The first-order valence-corrected chi connectivity index (χ1v) is 7.85. The third-order valence-electron chi connectivity index (χ3n) is 4.53. The van der Waals surface area contributed by atoms with Crippen molar-refractivity contribution in [3.05, 3.63) is 58.7 Å². The Kier molecular flexibility index (Phi) is 8.04. The van der Waals surface area contributed by atoms with Crippen LogP contribution in [0.2, 0.25) is 0 Å². The maximum Gasteiger partial charge on any atom is 3.00 e. The minimum absolute atomic E-state index is 0. The molecule has 0 aliphatic heterocycles. The van der Waals surface area contributed by atoms with Gasteiger partial charge >= 0.3 is 26.2 Å². The number of fused-ring (bicyclic) bond motifs is 3. The van der Waals surface area contributed by atoms with E-state index in [2.05, 4.69) is 77.9 Å². The van der Waals surface area contributed by atoms with E-state index in [1.807, 2.05) is 0 Å². The van der Waals surface area contributed by atoms with E-state index < -0.39 is 0 Å². The molecule has 0 unspecified atom stereocenters. The Morgan fingerprint density at radius 1 is 0.792 bits per heavy atom. The summed E-state index contributed by atoms with van der Waals surface area (Å²) in [7, 11) is 0. The van der Waals surface area contributed by atoms with E-state index in [1.165, 1.54) is 33.4 Å². The first kappa shape index (κ1) is 23.9. The van der Waals surface area contributed by atoms with Gasteiger partial charge < -0.3 is 24.8 Å². The fourth-order valence-electron chi connectivity index (χ4n) is 2.98. The van der Waals surface area contributed by atoms with Crippen molar-refractivity contribution < 1.29 is 51.0 Å². The molecule has 0 atom stereocenters. The fraction of sp³-hybridized carbons (Fsp3) is 0.429. The van der Waals surface area contributed by atoms with Gasteiger partial charge in [0.05, 0.1) is 0 Å². The summed E-state index contributed by atoms with van der Waals surface area (Å²) in [6.07, 6.45) is 1.03. The normalized spacial score (nSPS) is 12.2. The number of rotatable bonds is 0. The van der Waals surface area contributed by atoms with Crippen molar-refractivity contribution >= 4 is 0 Å². The summed E-state index contributed by atoms with van der Waals surface area (Å²) >= 11 is 0. The Bertz CT molecular complexity index is 645. The topological polar surface area (TPSA) is 0 Å². The molecular formula is C21H25Cl2Zr. The minimum atomic E-state index is 0. The van der Waals surface area contributed by atoms with Crippen molar-refractivity contribution in [1.29, 1.82) is 0 Å². The minimum Gasteiger partial charge on any atom is -1.00 e. The molecule has 0 saturated heterocycles. The van der Waals surface area contributed by atoms with Crippen LogP contribution in [0.25, 0.3) is 11.1 Å². The summed E-state index contributed by atoms with van der Waals surface area (Å²) in [6, 6.07) is 15.1. The van der Waals surface area contributed by atoms with Crippen LogP contribution in [0.4, 0.5) is 0 Å². The average molecular weight is 440 g/mol. The van der Waals surface area contributed by atoms with Gasteiger partial charge in [0.2, 0.25) is 0 Å². The average Bonchev–Trinajstić information content (AvgIpc) is 2.73. The molecule has 0 amide bonds. The molecule has 0 spiro atoms. The predicted molar refractivity (Wildman–Crippen MR) is 90.9 cm³/mol. The number of benzene rings is 2. The largest absolute Gasteiger partial charge is 3.00 e. The van der Waals surface area contributed by atoms with Gasteiger partial charge in [0.15, 0.2) is 0 Å². The summed E-state index contributed by atoms with van der Waals surface area (Å²) in [6.45, 7) is 13.6. The van der Waals surface area contributed by atoms with Crippen LogP contribution < -0.4 is 24.8 Å². The summed E-state index contributed by atoms with van der Waals surface area (Å²) in [5, 5.41) is 0. The zero-order chi connectivity index (χ0) is 15.4. The van der Waals surface area contributed by atoms with Gasteiger partial charge in [-0.1, -0.05) is 76.3 Å². The first-order chi connectivity index (χ1) is 9.66. The summed E-state index contributed by atoms with van der Waals surface area (Å²) in [5.74, 6) is 0. The molecule has 3 heteroatoms. The van der Waals surface area contributed by atoms with Crippen LogP contribution in [0.15, 0.2) is 30.3 Å². The van der Waals surface area contributed by atoms with Gasteiger partial charge in [0.25, 0.3) is 0 Å². The fourth-order valence-corrected chi connectivity index (χ4v) is 2.98. The molecular weight excluding hydrogens is 414 g/mol. The smallest absolute Gasteiger partial charge is 1.00 e. The standard InChI is InChI=1S/C21H25.2ClH.Zr/c1-20(2,3)16-9-7-14-11-15-8-10-17(21(4,5)6)13-19(15)18(14)12-16;;;/h7,9-10,12-13H,11H2,1-6H3;2*1H;/q-1;;;+3/p-2. The van der Waals surface area contributed by atoms with Crippen LogP contribution in [-0.4, -0.2) is 0 Å². The zero-order valence-corrected chi connectivity index (χ0v) is 19.3. The molecule has 0 heterocycles. The van der Waals surface area contributed by atoms with Crippen LogP contribution in [0.5, 0.6) is 0 Å². The van der Waals surface area contributed by atoms with Crippen LogP contribution in [0, 0.1) is 6.07 Å². The van der Waals surface area contributed by atoms with Gasteiger partial charge in [-0.05, 0) is 17.4 Å². The number of hydrogen-bond donors (Lipinski definition) is 0. The van der Waals surface area contributed by atoms with E-state index >= 15 is 0 Å². The van der Waals surface area contributed by atoms with E-state index in [9.17, 15) is 0 Å². The second-order valence-corrected chi connectivity index (χ2v) is 8.33. The van der Waals surface area contributed by atoms with Gasteiger partial charge in [-0.25, -0.2) is 0 Å². The molecule has 0 nitrogen and oxygen atoms in total. The Labute approximate surface area is 178 Å². The molecule has 24 heavy (non-hydrogen) atoms. The van der Waals surface area contributed by atoms with Gasteiger partial charge in [-0.2, -0.15) is 29.3 Å². The zero-order valence-electron chi connectivity index (χ0n) is 15.3. The molecule has 127 valence electrons. The Hall–Kier alpha value is -0.0969. The molecule has 1 radical (unpaired) electrons. The first-order valence-electron chi connectivity index (χ1n) is 7.85. The van der Waals surface area contributed by atoms with Crippen LogP contribution in [-0.2, 0) is 43.5 Å². The monoisotopic (exact) mass is 437 g/mol. The number of hydrogen-bond acceptors (Lipinski definition) is 0. The second kappa shape index (κ2) is 8.07. The number of halogens is 2. The molecule has 2 aromatic carbocycles. The SMILES string of the molecule is CC(C)(C)c1c[c-]c2c(c1)-c1cc(C(C)(C)C)ccc1C2.[Cl-].[Cl-].[Zr+3]. The van der Waals surface area contributed by atoms with Gasteiger partial charge in [0.1, 0.15) is 0 Å². The van der Waals surface area contributed by atoms with Gasteiger partial charge in [-0.3, -0.25) is 0 Å².